The molecule has 0 heterocycles. The molecule has 0 aromatic heterocycles. The van der Waals surface area contributed by atoms with E-state index in [4.69, 9.17) is 14.2 Å². The number of ether oxygens (including phenoxy) is 4. The first kappa shape index (κ1) is 18.3. The molecule has 0 aromatic rings. The van der Waals surface area contributed by atoms with Crippen molar-refractivity contribution in [2.75, 3.05) is 67.4 Å². The molecule has 0 saturated carbocycles. The molecular weight excluding hydrogens is 250 g/mol. The maximum absolute atomic E-state index is 10.9. The molecule has 0 fully saturated rings. The van der Waals surface area contributed by atoms with Crippen LogP contribution in [0.25, 0.3) is 0 Å². The van der Waals surface area contributed by atoms with E-state index in [0.717, 1.165) is 19.5 Å². The molecule has 0 spiro atoms. The molecule has 0 N–H and O–H groups in total. The van der Waals surface area contributed by atoms with E-state index in [1.165, 1.54) is 7.11 Å². The Kier molecular flexibility index (Phi) is 13.2. The van der Waals surface area contributed by atoms with Crippen LogP contribution < -0.4 is 0 Å². The molecule has 0 rings (SSSR count). The Morgan fingerprint density at radius 1 is 0.947 bits per heavy atom. The fourth-order valence-corrected chi connectivity index (χ4v) is 1.39. The van der Waals surface area contributed by atoms with E-state index >= 15 is 0 Å². The average molecular weight is 277 g/mol. The third-order valence-electron chi connectivity index (χ3n) is 2.57. The van der Waals surface area contributed by atoms with Gasteiger partial charge >= 0.3 is 5.97 Å². The van der Waals surface area contributed by atoms with Crippen molar-refractivity contribution in [3.63, 3.8) is 0 Å². The van der Waals surface area contributed by atoms with Crippen LogP contribution in [0.15, 0.2) is 0 Å². The van der Waals surface area contributed by atoms with E-state index in [1.54, 1.807) is 7.11 Å². The third kappa shape index (κ3) is 13.5. The van der Waals surface area contributed by atoms with E-state index in [9.17, 15) is 4.79 Å². The second kappa shape index (κ2) is 13.7. The van der Waals surface area contributed by atoms with Gasteiger partial charge in [-0.05, 0) is 20.0 Å². The molecule has 0 aromatic carbocycles. The van der Waals surface area contributed by atoms with E-state index < -0.39 is 0 Å². The summed E-state index contributed by atoms with van der Waals surface area (Å²) in [5.41, 5.74) is 0. The van der Waals surface area contributed by atoms with Gasteiger partial charge in [0.2, 0.25) is 0 Å². The molecule has 0 aliphatic rings. The number of hydrogen-bond acceptors (Lipinski definition) is 6. The number of methoxy groups -OCH3 is 2. The molecule has 0 bridgehead atoms. The summed E-state index contributed by atoms with van der Waals surface area (Å²) in [5.74, 6) is -0.155. The van der Waals surface area contributed by atoms with Crippen LogP contribution in [0.2, 0.25) is 0 Å². The van der Waals surface area contributed by atoms with Crippen LogP contribution in [0.1, 0.15) is 12.8 Å². The molecule has 0 amide bonds. The Morgan fingerprint density at radius 2 is 1.58 bits per heavy atom. The highest BCUT2D eigenvalue weighted by Crippen LogP contribution is 1.94. The third-order valence-corrected chi connectivity index (χ3v) is 2.57. The van der Waals surface area contributed by atoms with Crippen LogP contribution in [-0.2, 0) is 23.7 Å². The largest absolute Gasteiger partial charge is 0.469 e. The van der Waals surface area contributed by atoms with E-state index in [0.29, 0.717) is 39.5 Å². The van der Waals surface area contributed by atoms with Crippen molar-refractivity contribution in [3.05, 3.63) is 0 Å². The van der Waals surface area contributed by atoms with Crippen molar-refractivity contribution in [3.8, 4) is 0 Å². The SMILES string of the molecule is COCCOCCOCCN(C)CCCC(=O)OC. The molecule has 0 radical (unpaired) electrons. The fraction of sp³-hybridized carbons (Fsp3) is 0.923. The normalized spacial score (nSPS) is 10.9. The van der Waals surface area contributed by atoms with Crippen LogP contribution in [0.3, 0.4) is 0 Å². The molecule has 6 heteroatoms. The maximum atomic E-state index is 10.9. The lowest BCUT2D eigenvalue weighted by atomic mass is 10.3. The van der Waals surface area contributed by atoms with Gasteiger partial charge in [-0.1, -0.05) is 0 Å². The molecule has 114 valence electrons. The van der Waals surface area contributed by atoms with Gasteiger partial charge in [-0.15, -0.1) is 0 Å². The lowest BCUT2D eigenvalue weighted by molar-refractivity contribution is -0.140. The van der Waals surface area contributed by atoms with E-state index in [2.05, 4.69) is 9.64 Å². The molecule has 0 atom stereocenters. The van der Waals surface area contributed by atoms with Crippen molar-refractivity contribution in [2.45, 2.75) is 12.8 Å². The number of rotatable bonds is 13. The first-order chi connectivity index (χ1) is 9.20. The molecule has 0 aliphatic carbocycles. The Balaban J connectivity index is 3.20. The van der Waals surface area contributed by atoms with Crippen LogP contribution in [0.5, 0.6) is 0 Å². The van der Waals surface area contributed by atoms with Gasteiger partial charge in [-0.2, -0.15) is 0 Å². The molecule has 6 nitrogen and oxygen atoms in total. The summed E-state index contributed by atoms with van der Waals surface area (Å²) in [6, 6.07) is 0. The van der Waals surface area contributed by atoms with Gasteiger partial charge in [-0.25, -0.2) is 0 Å². The predicted octanol–water partition coefficient (Wildman–Crippen LogP) is 0.551. The Morgan fingerprint density at radius 3 is 2.21 bits per heavy atom. The standard InChI is InChI=1S/C13H27NO5/c1-14(6-4-5-13(15)17-3)7-8-18-11-12-19-10-9-16-2/h4-12H2,1-3H3. The second-order valence-electron chi connectivity index (χ2n) is 4.20. The molecule has 0 aliphatic heterocycles. The zero-order valence-corrected chi connectivity index (χ0v) is 12.4. The number of likely N-dealkylation sites (N-methyl/N-ethyl adjacent to an activating group) is 1. The summed E-state index contributed by atoms with van der Waals surface area (Å²) in [5, 5.41) is 0. The number of hydrogen-bond donors (Lipinski definition) is 0. The maximum Gasteiger partial charge on any atom is 0.305 e. The zero-order valence-electron chi connectivity index (χ0n) is 12.4. The van der Waals surface area contributed by atoms with Crippen molar-refractivity contribution in [1.29, 1.82) is 0 Å². The van der Waals surface area contributed by atoms with E-state index in [1.807, 2.05) is 7.05 Å². The average Bonchev–Trinajstić information content (AvgIpc) is 2.41. The van der Waals surface area contributed by atoms with Gasteiger partial charge in [0, 0.05) is 20.1 Å². The minimum Gasteiger partial charge on any atom is -0.469 e. The number of esters is 1. The van der Waals surface area contributed by atoms with Crippen molar-refractivity contribution >= 4 is 5.97 Å². The lowest BCUT2D eigenvalue weighted by Crippen LogP contribution is -2.25. The minimum atomic E-state index is -0.155. The summed E-state index contributed by atoms with van der Waals surface area (Å²) in [7, 11) is 5.07. The van der Waals surface area contributed by atoms with Crippen molar-refractivity contribution in [2.24, 2.45) is 0 Å². The molecule has 0 saturated heterocycles. The van der Waals surface area contributed by atoms with Crippen LogP contribution >= 0.6 is 0 Å². The smallest absolute Gasteiger partial charge is 0.305 e. The van der Waals surface area contributed by atoms with Crippen molar-refractivity contribution < 1.29 is 23.7 Å². The summed E-state index contributed by atoms with van der Waals surface area (Å²) < 4.78 is 20.1. The first-order valence-electron chi connectivity index (χ1n) is 6.60. The van der Waals surface area contributed by atoms with Gasteiger partial charge in [0.05, 0.1) is 40.1 Å². The van der Waals surface area contributed by atoms with Gasteiger partial charge in [0.25, 0.3) is 0 Å². The minimum absolute atomic E-state index is 0.155. The highest BCUT2D eigenvalue weighted by molar-refractivity contribution is 5.69. The van der Waals surface area contributed by atoms with Crippen LogP contribution in [0, 0.1) is 0 Å². The summed E-state index contributed by atoms with van der Waals surface area (Å²) in [6.45, 7) is 4.79. The van der Waals surface area contributed by atoms with Gasteiger partial charge < -0.3 is 23.8 Å². The monoisotopic (exact) mass is 277 g/mol. The lowest BCUT2D eigenvalue weighted by Gasteiger charge is -2.16. The molecule has 0 unspecified atom stereocenters. The predicted molar refractivity (Wildman–Crippen MR) is 72.3 cm³/mol. The zero-order chi connectivity index (χ0) is 14.3. The Hall–Kier alpha value is -0.690. The second-order valence-corrected chi connectivity index (χ2v) is 4.20. The van der Waals surface area contributed by atoms with Crippen LogP contribution in [-0.4, -0.2) is 78.3 Å². The number of carbonyl (C=O) groups is 1. The van der Waals surface area contributed by atoms with Gasteiger partial charge in [0.1, 0.15) is 0 Å². The Bertz CT molecular complexity index is 213. The topological polar surface area (TPSA) is 57.2 Å². The highest BCUT2D eigenvalue weighted by Gasteiger charge is 2.02. The molecule has 19 heavy (non-hydrogen) atoms. The van der Waals surface area contributed by atoms with E-state index in [-0.39, 0.29) is 5.97 Å². The summed E-state index contributed by atoms with van der Waals surface area (Å²) in [4.78, 5) is 13.0. The Labute approximate surface area is 115 Å². The number of carbonyl (C=O) groups excluding carboxylic acids is 1. The fourth-order valence-electron chi connectivity index (χ4n) is 1.39. The van der Waals surface area contributed by atoms with Crippen LogP contribution in [0.4, 0.5) is 0 Å². The first-order valence-corrected chi connectivity index (χ1v) is 6.60. The molecular formula is C13H27NO5. The highest BCUT2D eigenvalue weighted by atomic mass is 16.5. The van der Waals surface area contributed by atoms with Gasteiger partial charge in [0.15, 0.2) is 0 Å². The van der Waals surface area contributed by atoms with Crippen molar-refractivity contribution in [1.82, 2.24) is 4.90 Å². The van der Waals surface area contributed by atoms with Gasteiger partial charge in [-0.3, -0.25) is 4.79 Å². The summed E-state index contributed by atoms with van der Waals surface area (Å²) >= 11 is 0. The number of nitrogens with zero attached hydrogens (tertiary/aromatic N) is 1. The quantitative estimate of drug-likeness (QED) is 0.362. The summed E-state index contributed by atoms with van der Waals surface area (Å²) in [6.07, 6.45) is 1.28.